The van der Waals surface area contributed by atoms with Crippen LogP contribution < -0.4 is 10.9 Å². The second-order valence-corrected chi connectivity index (χ2v) is 5.11. The van der Waals surface area contributed by atoms with Crippen LogP contribution in [0.4, 0.5) is 0 Å². The van der Waals surface area contributed by atoms with Crippen molar-refractivity contribution in [1.82, 2.24) is 10.9 Å². The van der Waals surface area contributed by atoms with Gasteiger partial charge < -0.3 is 0 Å². The molecule has 100 valence electrons. The maximum atomic E-state index is 11.5. The lowest BCUT2D eigenvalue weighted by Gasteiger charge is -2.05. The molecule has 6 nitrogen and oxygen atoms in total. The van der Waals surface area contributed by atoms with Crippen molar-refractivity contribution in [1.29, 1.82) is 0 Å². The fourth-order valence-corrected chi connectivity index (χ4v) is 2.28. The summed E-state index contributed by atoms with van der Waals surface area (Å²) < 4.78 is 0. The van der Waals surface area contributed by atoms with Crippen LogP contribution in [0, 0.1) is 5.92 Å². The minimum absolute atomic E-state index is 0.146. The van der Waals surface area contributed by atoms with E-state index in [1.54, 1.807) is 13.1 Å². The third-order valence-corrected chi connectivity index (χ3v) is 3.55. The molecule has 1 unspecified atom stereocenters. The minimum Gasteiger partial charge on any atom is -0.273 e. The van der Waals surface area contributed by atoms with E-state index < -0.39 is 0 Å². The first-order valence-electron chi connectivity index (χ1n) is 5.86. The molecule has 1 aromatic heterocycles. The van der Waals surface area contributed by atoms with Gasteiger partial charge in [0.25, 0.3) is 0 Å². The molecule has 2 heterocycles. The standard InChI is InChI=1S/C12H14N4O2S/c1-8-10(12(18)16-14-8)4-5-11(17)15-13-7-9-3-2-6-19-9/h2-3,6-7,10H,4-5H2,1H3,(H,15,17)(H,16,18). The van der Waals surface area contributed by atoms with Gasteiger partial charge in [-0.05, 0) is 24.8 Å². The Kier molecular flexibility index (Phi) is 4.40. The van der Waals surface area contributed by atoms with Gasteiger partial charge in [-0.25, -0.2) is 10.9 Å². The maximum absolute atomic E-state index is 11.5. The topological polar surface area (TPSA) is 82.9 Å². The number of rotatable bonds is 5. The van der Waals surface area contributed by atoms with Gasteiger partial charge in [0.1, 0.15) is 0 Å². The zero-order valence-electron chi connectivity index (χ0n) is 10.4. The van der Waals surface area contributed by atoms with E-state index in [1.807, 2.05) is 17.5 Å². The molecule has 0 saturated heterocycles. The molecule has 0 spiro atoms. The molecule has 2 rings (SSSR count). The minimum atomic E-state index is -0.299. The number of hydrogen-bond donors (Lipinski definition) is 2. The molecule has 0 bridgehead atoms. The van der Waals surface area contributed by atoms with Crippen molar-refractivity contribution in [3.05, 3.63) is 22.4 Å². The molecule has 0 aliphatic carbocycles. The highest BCUT2D eigenvalue weighted by Gasteiger charge is 2.26. The third-order valence-electron chi connectivity index (χ3n) is 2.75. The van der Waals surface area contributed by atoms with E-state index in [9.17, 15) is 9.59 Å². The summed E-state index contributed by atoms with van der Waals surface area (Å²) >= 11 is 1.54. The van der Waals surface area contributed by atoms with E-state index >= 15 is 0 Å². The highest BCUT2D eigenvalue weighted by atomic mass is 32.1. The molecule has 2 N–H and O–H groups in total. The van der Waals surface area contributed by atoms with Crippen LogP contribution >= 0.6 is 11.3 Å². The van der Waals surface area contributed by atoms with Crippen molar-refractivity contribution in [2.24, 2.45) is 16.1 Å². The highest BCUT2D eigenvalue weighted by Crippen LogP contribution is 2.13. The van der Waals surface area contributed by atoms with Crippen LogP contribution in [0.25, 0.3) is 0 Å². The lowest BCUT2D eigenvalue weighted by molar-refractivity contribution is -0.123. The summed E-state index contributed by atoms with van der Waals surface area (Å²) in [6.07, 6.45) is 2.28. The summed E-state index contributed by atoms with van der Waals surface area (Å²) in [5, 5.41) is 9.62. The molecule has 0 saturated carbocycles. The normalized spacial score (nSPS) is 18.5. The Morgan fingerprint density at radius 1 is 1.68 bits per heavy atom. The molecule has 1 aromatic rings. The fourth-order valence-electron chi connectivity index (χ4n) is 1.69. The number of hydrogen-bond acceptors (Lipinski definition) is 5. The van der Waals surface area contributed by atoms with E-state index in [2.05, 4.69) is 21.1 Å². The van der Waals surface area contributed by atoms with Gasteiger partial charge in [0.2, 0.25) is 11.8 Å². The second-order valence-electron chi connectivity index (χ2n) is 4.13. The van der Waals surface area contributed by atoms with Crippen molar-refractivity contribution >= 4 is 35.1 Å². The number of nitrogens with one attached hydrogen (secondary N) is 2. The molecular weight excluding hydrogens is 264 g/mol. The van der Waals surface area contributed by atoms with Gasteiger partial charge in [0, 0.05) is 17.0 Å². The number of thiophene rings is 1. The van der Waals surface area contributed by atoms with Gasteiger partial charge in [-0.3, -0.25) is 9.59 Å². The average Bonchev–Trinajstić information content (AvgIpc) is 2.99. The van der Waals surface area contributed by atoms with E-state index in [0.29, 0.717) is 6.42 Å². The van der Waals surface area contributed by atoms with Crippen LogP contribution in [0.15, 0.2) is 27.7 Å². The number of hydrazone groups is 2. The molecule has 2 amide bonds. The lowest BCUT2D eigenvalue weighted by Crippen LogP contribution is -2.25. The monoisotopic (exact) mass is 278 g/mol. The number of nitrogens with zero attached hydrogens (tertiary/aromatic N) is 2. The van der Waals surface area contributed by atoms with Gasteiger partial charge in [0.05, 0.1) is 12.1 Å². The van der Waals surface area contributed by atoms with E-state index in [4.69, 9.17) is 0 Å². The molecule has 0 radical (unpaired) electrons. The lowest BCUT2D eigenvalue weighted by atomic mass is 9.99. The Morgan fingerprint density at radius 3 is 3.16 bits per heavy atom. The van der Waals surface area contributed by atoms with E-state index in [-0.39, 0.29) is 24.2 Å². The van der Waals surface area contributed by atoms with Crippen LogP contribution in [-0.2, 0) is 9.59 Å². The first-order valence-corrected chi connectivity index (χ1v) is 6.74. The Morgan fingerprint density at radius 2 is 2.53 bits per heavy atom. The molecule has 7 heteroatoms. The average molecular weight is 278 g/mol. The Hall–Kier alpha value is -2.02. The summed E-state index contributed by atoms with van der Waals surface area (Å²) in [5.41, 5.74) is 5.56. The number of carbonyl (C=O) groups excluding carboxylic acids is 2. The van der Waals surface area contributed by atoms with Crippen LogP contribution in [-0.4, -0.2) is 23.7 Å². The largest absolute Gasteiger partial charge is 0.273 e. The maximum Gasteiger partial charge on any atom is 0.248 e. The van der Waals surface area contributed by atoms with Crippen molar-refractivity contribution in [2.45, 2.75) is 19.8 Å². The molecule has 19 heavy (non-hydrogen) atoms. The molecular formula is C12H14N4O2S. The third kappa shape index (κ3) is 3.72. The quantitative estimate of drug-likeness (QED) is 0.624. The Bertz CT molecular complexity index is 522. The first-order chi connectivity index (χ1) is 9.16. The van der Waals surface area contributed by atoms with Crippen molar-refractivity contribution in [3.8, 4) is 0 Å². The summed E-state index contributed by atoms with van der Waals surface area (Å²) in [4.78, 5) is 23.9. The highest BCUT2D eigenvalue weighted by molar-refractivity contribution is 7.11. The molecule has 1 aliphatic heterocycles. The number of carbonyl (C=O) groups is 2. The Balaban J connectivity index is 1.73. The van der Waals surface area contributed by atoms with Crippen molar-refractivity contribution in [3.63, 3.8) is 0 Å². The summed E-state index contributed by atoms with van der Waals surface area (Å²) in [6.45, 7) is 1.77. The predicted octanol–water partition coefficient (Wildman–Crippen LogP) is 1.10. The molecule has 1 atom stereocenters. The van der Waals surface area contributed by atoms with Crippen LogP contribution in [0.2, 0.25) is 0 Å². The zero-order valence-corrected chi connectivity index (χ0v) is 11.2. The van der Waals surface area contributed by atoms with Crippen LogP contribution in [0.1, 0.15) is 24.6 Å². The zero-order chi connectivity index (χ0) is 13.7. The summed E-state index contributed by atoms with van der Waals surface area (Å²) in [7, 11) is 0. The van der Waals surface area contributed by atoms with Gasteiger partial charge in [-0.1, -0.05) is 6.07 Å². The fraction of sp³-hybridized carbons (Fsp3) is 0.333. The SMILES string of the molecule is CC1=NNC(=O)C1CCC(=O)NN=Cc1cccs1. The number of amides is 2. The van der Waals surface area contributed by atoms with Gasteiger partial charge in [-0.2, -0.15) is 10.2 Å². The summed E-state index contributed by atoms with van der Waals surface area (Å²) in [5.74, 6) is -0.653. The van der Waals surface area contributed by atoms with Gasteiger partial charge >= 0.3 is 0 Å². The first kappa shape index (κ1) is 13.4. The predicted molar refractivity (Wildman–Crippen MR) is 74.0 cm³/mol. The van der Waals surface area contributed by atoms with Crippen molar-refractivity contribution in [2.75, 3.05) is 0 Å². The molecule has 0 aromatic carbocycles. The van der Waals surface area contributed by atoms with Gasteiger partial charge in [-0.15, -0.1) is 11.3 Å². The Labute approximate surface area is 114 Å². The van der Waals surface area contributed by atoms with E-state index in [0.717, 1.165) is 10.6 Å². The van der Waals surface area contributed by atoms with Crippen LogP contribution in [0.3, 0.4) is 0 Å². The summed E-state index contributed by atoms with van der Waals surface area (Å²) in [6, 6.07) is 3.82. The van der Waals surface area contributed by atoms with E-state index in [1.165, 1.54) is 11.3 Å². The van der Waals surface area contributed by atoms with Crippen molar-refractivity contribution < 1.29 is 9.59 Å². The van der Waals surface area contributed by atoms with Gasteiger partial charge in [0.15, 0.2) is 0 Å². The van der Waals surface area contributed by atoms with Crippen LogP contribution in [0.5, 0.6) is 0 Å². The molecule has 1 aliphatic rings. The second kappa shape index (κ2) is 6.24. The smallest absolute Gasteiger partial charge is 0.248 e. The molecule has 0 fully saturated rings.